The molecule has 0 radical (unpaired) electrons. The minimum absolute atomic E-state index is 0. The molecule has 3 aromatic heterocycles. The van der Waals surface area contributed by atoms with Gasteiger partial charge >= 0.3 is 0 Å². The number of rotatable bonds is 5. The molecule has 0 aromatic carbocycles. The molecule has 2 aliphatic rings. The number of aromatic nitrogens is 4. The van der Waals surface area contributed by atoms with Crippen LogP contribution < -0.4 is 16.4 Å². The van der Waals surface area contributed by atoms with E-state index in [1.165, 1.54) is 12.3 Å². The second-order valence-electron chi connectivity index (χ2n) is 8.48. The van der Waals surface area contributed by atoms with Crippen LogP contribution in [0.4, 0.5) is 0 Å². The molecule has 1 N–H and O–H groups in total. The Kier molecular flexibility index (Phi) is 6.67. The summed E-state index contributed by atoms with van der Waals surface area (Å²) in [5.74, 6) is 0. The topological polar surface area (TPSA) is 85.1 Å². The van der Waals surface area contributed by atoms with Crippen LogP contribution in [0, 0.1) is 6.92 Å². The van der Waals surface area contributed by atoms with Gasteiger partial charge in [0.15, 0.2) is 0 Å². The molecule has 1 unspecified atom stereocenters. The van der Waals surface area contributed by atoms with Crippen molar-refractivity contribution in [1.29, 1.82) is 0 Å². The first-order valence-electron chi connectivity index (χ1n) is 10.7. The van der Waals surface area contributed by atoms with Crippen LogP contribution in [0.25, 0.3) is 11.2 Å². The molecule has 3 aromatic rings. The number of likely N-dealkylation sites (tertiary alicyclic amines) is 1. The zero-order chi connectivity index (χ0) is 21.5. The van der Waals surface area contributed by atoms with E-state index in [9.17, 15) is 9.59 Å². The van der Waals surface area contributed by atoms with Crippen molar-refractivity contribution in [3.63, 3.8) is 0 Å². The van der Waals surface area contributed by atoms with Gasteiger partial charge < -0.3 is 10.2 Å². The Bertz CT molecular complexity index is 1240. The molecule has 0 saturated carbocycles. The SMILES string of the molecule is Cc1ncc(CNC2CCN(CC3Cn4c(=O)ccc5ncc(=O)n3c54)CC2)cc1Cl.Cl. The first-order chi connectivity index (χ1) is 15.0. The molecule has 5 rings (SSSR count). The highest BCUT2D eigenvalue weighted by atomic mass is 35.5. The fourth-order valence-electron chi connectivity index (χ4n) is 4.69. The van der Waals surface area contributed by atoms with Crippen molar-refractivity contribution >= 4 is 35.2 Å². The van der Waals surface area contributed by atoms with E-state index in [0.29, 0.717) is 28.8 Å². The maximum absolute atomic E-state index is 12.5. The summed E-state index contributed by atoms with van der Waals surface area (Å²) in [4.78, 5) is 35.7. The lowest BCUT2D eigenvalue weighted by Crippen LogP contribution is -2.44. The van der Waals surface area contributed by atoms with E-state index in [4.69, 9.17) is 11.6 Å². The summed E-state index contributed by atoms with van der Waals surface area (Å²) < 4.78 is 3.44. The van der Waals surface area contributed by atoms with Gasteiger partial charge in [0.25, 0.3) is 11.1 Å². The lowest BCUT2D eigenvalue weighted by atomic mass is 10.0. The molecule has 1 atom stereocenters. The van der Waals surface area contributed by atoms with Crippen LogP contribution in [0.3, 0.4) is 0 Å². The molecule has 0 amide bonds. The predicted molar refractivity (Wildman–Crippen MR) is 127 cm³/mol. The van der Waals surface area contributed by atoms with Gasteiger partial charge in [0.1, 0.15) is 11.2 Å². The Balaban J connectivity index is 0.00000245. The van der Waals surface area contributed by atoms with Crippen molar-refractivity contribution in [3.8, 4) is 0 Å². The second-order valence-corrected chi connectivity index (χ2v) is 8.89. The number of pyridine rings is 2. The maximum Gasteiger partial charge on any atom is 0.270 e. The van der Waals surface area contributed by atoms with E-state index >= 15 is 0 Å². The number of halogens is 2. The lowest BCUT2D eigenvalue weighted by molar-refractivity contribution is 0.171. The second kappa shape index (κ2) is 9.31. The highest BCUT2D eigenvalue weighted by Gasteiger charge is 2.29. The number of nitrogens with zero attached hydrogens (tertiary/aromatic N) is 5. The number of hydrogen-bond acceptors (Lipinski definition) is 6. The molecule has 5 heterocycles. The Morgan fingerprint density at radius 3 is 2.66 bits per heavy atom. The van der Waals surface area contributed by atoms with E-state index in [-0.39, 0.29) is 29.6 Å². The fourth-order valence-corrected chi connectivity index (χ4v) is 4.88. The van der Waals surface area contributed by atoms with Crippen molar-refractivity contribution in [2.75, 3.05) is 19.6 Å². The van der Waals surface area contributed by atoms with Crippen molar-refractivity contribution in [3.05, 3.63) is 67.6 Å². The van der Waals surface area contributed by atoms with Gasteiger partial charge in [0.2, 0.25) is 0 Å². The molecular weight excluding hydrogens is 451 g/mol. The zero-order valence-electron chi connectivity index (χ0n) is 17.8. The van der Waals surface area contributed by atoms with Gasteiger partial charge in [-0.2, -0.15) is 0 Å². The monoisotopic (exact) mass is 476 g/mol. The Morgan fingerprint density at radius 2 is 1.91 bits per heavy atom. The molecule has 0 aliphatic carbocycles. The molecule has 0 spiro atoms. The quantitative estimate of drug-likeness (QED) is 0.607. The highest BCUT2D eigenvalue weighted by molar-refractivity contribution is 6.31. The van der Waals surface area contributed by atoms with Gasteiger partial charge in [-0.1, -0.05) is 11.6 Å². The standard InChI is InChI=1S/C22H25ClN6O2.ClH/c1-14-18(23)8-15(9-24-14)10-25-16-4-6-27(7-5-16)12-17-13-28-20(30)3-2-19-22(28)29(17)21(31)11-26-19;/h2-3,8-9,11,16-17,25H,4-7,10,12-13H2,1H3;1H. The highest BCUT2D eigenvalue weighted by Crippen LogP contribution is 2.24. The van der Waals surface area contributed by atoms with E-state index in [1.54, 1.807) is 15.2 Å². The number of aryl methyl sites for hydroxylation is 1. The molecule has 170 valence electrons. The summed E-state index contributed by atoms with van der Waals surface area (Å²) in [5, 5.41) is 4.31. The maximum atomic E-state index is 12.5. The molecule has 1 fully saturated rings. The van der Waals surface area contributed by atoms with Crippen LogP contribution in [0.15, 0.2) is 40.2 Å². The van der Waals surface area contributed by atoms with Gasteiger partial charge in [-0.25, -0.2) is 4.98 Å². The molecule has 0 bridgehead atoms. The lowest BCUT2D eigenvalue weighted by Gasteiger charge is -2.34. The molecule has 1 saturated heterocycles. The molecular formula is C22H26Cl2N6O2. The average Bonchev–Trinajstić information content (AvgIpc) is 3.15. The van der Waals surface area contributed by atoms with Gasteiger partial charge in [-0.3, -0.25) is 23.7 Å². The Labute approximate surface area is 196 Å². The summed E-state index contributed by atoms with van der Waals surface area (Å²) in [6.07, 6.45) is 5.30. The largest absolute Gasteiger partial charge is 0.310 e. The number of piperidine rings is 1. The van der Waals surface area contributed by atoms with Crippen LogP contribution in [-0.4, -0.2) is 49.7 Å². The smallest absolute Gasteiger partial charge is 0.270 e. The van der Waals surface area contributed by atoms with Crippen molar-refractivity contribution in [2.24, 2.45) is 0 Å². The number of hydrogen-bond donors (Lipinski definition) is 1. The van der Waals surface area contributed by atoms with Crippen LogP contribution in [-0.2, 0) is 13.1 Å². The third kappa shape index (κ3) is 4.32. The predicted octanol–water partition coefficient (Wildman–Crippen LogP) is 2.15. The van der Waals surface area contributed by atoms with Gasteiger partial charge in [0.05, 0.1) is 23.0 Å². The average molecular weight is 477 g/mol. The summed E-state index contributed by atoms with van der Waals surface area (Å²) in [5.41, 5.74) is 3.05. The first kappa shape index (κ1) is 22.9. The normalized spacial score (nSPS) is 18.8. The summed E-state index contributed by atoms with van der Waals surface area (Å²) >= 11 is 6.17. The van der Waals surface area contributed by atoms with Crippen molar-refractivity contribution < 1.29 is 0 Å². The van der Waals surface area contributed by atoms with Crippen LogP contribution in [0.5, 0.6) is 0 Å². The van der Waals surface area contributed by atoms with Crippen LogP contribution in [0.1, 0.15) is 30.1 Å². The summed E-state index contributed by atoms with van der Waals surface area (Å²) in [6, 6.07) is 5.59. The van der Waals surface area contributed by atoms with Crippen LogP contribution >= 0.6 is 24.0 Å². The number of nitrogens with one attached hydrogen (secondary N) is 1. The molecule has 2 aliphatic heterocycles. The summed E-state index contributed by atoms with van der Waals surface area (Å²) in [6.45, 7) is 5.84. The fraction of sp³-hybridized carbons (Fsp3) is 0.455. The van der Waals surface area contributed by atoms with Gasteiger partial charge in [0, 0.05) is 37.9 Å². The third-order valence-corrected chi connectivity index (χ3v) is 6.79. The minimum Gasteiger partial charge on any atom is -0.310 e. The molecule has 10 heteroatoms. The van der Waals surface area contributed by atoms with E-state index in [2.05, 4.69) is 20.2 Å². The zero-order valence-corrected chi connectivity index (χ0v) is 19.4. The van der Waals surface area contributed by atoms with E-state index in [0.717, 1.165) is 50.3 Å². The first-order valence-corrected chi connectivity index (χ1v) is 11.1. The minimum atomic E-state index is -0.142. The summed E-state index contributed by atoms with van der Waals surface area (Å²) in [7, 11) is 0. The van der Waals surface area contributed by atoms with Gasteiger partial charge in [-0.15, -0.1) is 12.4 Å². The molecule has 8 nitrogen and oxygen atoms in total. The Morgan fingerprint density at radius 1 is 1.12 bits per heavy atom. The van der Waals surface area contributed by atoms with Gasteiger partial charge in [-0.05, 0) is 50.6 Å². The third-order valence-electron chi connectivity index (χ3n) is 6.41. The van der Waals surface area contributed by atoms with E-state index in [1.807, 2.05) is 19.2 Å². The van der Waals surface area contributed by atoms with E-state index < -0.39 is 0 Å². The van der Waals surface area contributed by atoms with Crippen LogP contribution in [0.2, 0.25) is 5.02 Å². The van der Waals surface area contributed by atoms with Crippen molar-refractivity contribution in [2.45, 2.75) is 44.9 Å². The van der Waals surface area contributed by atoms with Crippen molar-refractivity contribution in [1.82, 2.24) is 29.3 Å². The molecule has 32 heavy (non-hydrogen) atoms. The Hall–Kier alpha value is -2.26.